The molecule has 2 heterocycles. The summed E-state index contributed by atoms with van der Waals surface area (Å²) in [7, 11) is 0. The number of rotatable bonds is 0. The highest BCUT2D eigenvalue weighted by Gasteiger charge is 2.22. The molecule has 0 bridgehead atoms. The second kappa shape index (κ2) is 2.44. The molecule has 1 aromatic carbocycles. The zero-order chi connectivity index (χ0) is 9.71. The quantitative estimate of drug-likeness (QED) is 0.630. The van der Waals surface area contributed by atoms with Gasteiger partial charge in [-0.1, -0.05) is 6.07 Å². The summed E-state index contributed by atoms with van der Waals surface area (Å²) in [6, 6.07) is 6.02. The van der Waals surface area contributed by atoms with Crippen LogP contribution in [0, 0.1) is 6.92 Å². The number of aromatic nitrogens is 2. The molecule has 1 aromatic heterocycles. The van der Waals surface area contributed by atoms with Crippen molar-refractivity contribution in [2.45, 2.75) is 19.8 Å². The van der Waals surface area contributed by atoms with Crippen LogP contribution >= 0.6 is 0 Å². The molecule has 3 nitrogen and oxygen atoms in total. The smallest absolute Gasteiger partial charge is 0.233 e. The van der Waals surface area contributed by atoms with E-state index in [1.54, 1.807) is 4.57 Å². The summed E-state index contributed by atoms with van der Waals surface area (Å²) in [5, 5.41) is 0. The molecule has 1 aliphatic heterocycles. The summed E-state index contributed by atoms with van der Waals surface area (Å²) >= 11 is 0. The van der Waals surface area contributed by atoms with Crippen LogP contribution in [0.1, 0.15) is 22.6 Å². The topological polar surface area (TPSA) is 34.9 Å². The fourth-order valence-electron chi connectivity index (χ4n) is 2.01. The molecule has 0 spiro atoms. The number of carbonyl (C=O) groups is 1. The number of hydrogen-bond donors (Lipinski definition) is 0. The van der Waals surface area contributed by atoms with Gasteiger partial charge in [0.25, 0.3) is 0 Å². The van der Waals surface area contributed by atoms with Crippen molar-refractivity contribution in [3.8, 4) is 0 Å². The molecule has 0 radical (unpaired) electrons. The molecule has 0 amide bonds. The van der Waals surface area contributed by atoms with Crippen LogP contribution in [0.4, 0.5) is 0 Å². The minimum atomic E-state index is 0.174. The van der Waals surface area contributed by atoms with Gasteiger partial charge in [0, 0.05) is 12.8 Å². The molecule has 0 saturated carbocycles. The number of hydrogen-bond acceptors (Lipinski definition) is 2. The molecular weight excluding hydrogens is 176 g/mol. The van der Waals surface area contributed by atoms with Gasteiger partial charge in [0.2, 0.25) is 5.91 Å². The Balaban J connectivity index is 2.43. The molecule has 70 valence electrons. The van der Waals surface area contributed by atoms with Crippen LogP contribution in [0.3, 0.4) is 0 Å². The van der Waals surface area contributed by atoms with Crippen molar-refractivity contribution in [3.05, 3.63) is 29.6 Å². The summed E-state index contributed by atoms with van der Waals surface area (Å²) in [6.07, 6.45) is 1.39. The number of carbonyl (C=O) groups excluding carboxylic acids is 1. The van der Waals surface area contributed by atoms with E-state index in [0.717, 1.165) is 23.3 Å². The van der Waals surface area contributed by atoms with Crippen molar-refractivity contribution in [1.29, 1.82) is 0 Å². The molecule has 0 saturated heterocycles. The lowest BCUT2D eigenvalue weighted by Gasteiger charge is -1.97. The molecule has 0 atom stereocenters. The van der Waals surface area contributed by atoms with E-state index in [9.17, 15) is 4.79 Å². The average Bonchev–Trinajstić information content (AvgIpc) is 2.67. The number of nitrogens with zero attached hydrogens (tertiary/aromatic N) is 2. The van der Waals surface area contributed by atoms with Crippen molar-refractivity contribution in [1.82, 2.24) is 9.55 Å². The van der Waals surface area contributed by atoms with E-state index in [2.05, 4.69) is 4.98 Å². The highest BCUT2D eigenvalue weighted by atomic mass is 16.2. The fraction of sp³-hybridized carbons (Fsp3) is 0.273. The van der Waals surface area contributed by atoms with Crippen LogP contribution in [0.5, 0.6) is 0 Å². The molecule has 0 N–H and O–H groups in total. The van der Waals surface area contributed by atoms with Crippen molar-refractivity contribution in [3.63, 3.8) is 0 Å². The van der Waals surface area contributed by atoms with Gasteiger partial charge in [-0.3, -0.25) is 9.36 Å². The highest BCUT2D eigenvalue weighted by molar-refractivity contribution is 5.93. The van der Waals surface area contributed by atoms with Gasteiger partial charge in [0.15, 0.2) is 0 Å². The number of benzene rings is 1. The molecule has 3 rings (SSSR count). The summed E-state index contributed by atoms with van der Waals surface area (Å²) in [5.74, 6) is 1.09. The first-order valence-corrected chi connectivity index (χ1v) is 4.77. The zero-order valence-electron chi connectivity index (χ0n) is 7.95. The third-order valence-corrected chi connectivity index (χ3v) is 2.69. The maximum atomic E-state index is 11.6. The standard InChI is InChI=1S/C11H10N2O/c1-7-2-3-8-9(6-7)13-10(12-8)4-5-11(13)14/h2-3,6H,4-5H2,1H3. The number of fused-ring (bicyclic) bond motifs is 3. The molecule has 0 unspecified atom stereocenters. The Kier molecular flexibility index (Phi) is 1.35. The van der Waals surface area contributed by atoms with Crippen LogP contribution in [0.15, 0.2) is 18.2 Å². The lowest BCUT2D eigenvalue weighted by molar-refractivity contribution is 0.0928. The second-order valence-corrected chi connectivity index (χ2v) is 3.75. The predicted octanol–water partition coefficient (Wildman–Crippen LogP) is 1.93. The Morgan fingerprint density at radius 3 is 3.07 bits per heavy atom. The Hall–Kier alpha value is -1.64. The molecule has 2 aromatic rings. The summed E-state index contributed by atoms with van der Waals surface area (Å²) in [4.78, 5) is 16.0. The first-order chi connectivity index (χ1) is 6.75. The SMILES string of the molecule is Cc1ccc2nc3n(c2c1)C(=O)CC3. The highest BCUT2D eigenvalue weighted by Crippen LogP contribution is 2.23. The van der Waals surface area contributed by atoms with Crippen molar-refractivity contribution < 1.29 is 4.79 Å². The lowest BCUT2D eigenvalue weighted by Crippen LogP contribution is -2.03. The van der Waals surface area contributed by atoms with E-state index in [1.807, 2.05) is 25.1 Å². The normalized spacial score (nSPS) is 15.1. The van der Waals surface area contributed by atoms with Gasteiger partial charge in [-0.25, -0.2) is 4.98 Å². The first kappa shape index (κ1) is 7.74. The molecule has 1 aliphatic rings. The number of imidazole rings is 1. The van der Waals surface area contributed by atoms with Crippen LogP contribution in [-0.4, -0.2) is 15.5 Å². The van der Waals surface area contributed by atoms with Crippen LogP contribution in [0.25, 0.3) is 11.0 Å². The zero-order valence-corrected chi connectivity index (χ0v) is 7.95. The molecule has 14 heavy (non-hydrogen) atoms. The van der Waals surface area contributed by atoms with Gasteiger partial charge in [-0.15, -0.1) is 0 Å². The maximum absolute atomic E-state index is 11.6. The van der Waals surface area contributed by atoms with Crippen LogP contribution < -0.4 is 0 Å². The van der Waals surface area contributed by atoms with Crippen LogP contribution in [0.2, 0.25) is 0 Å². The van der Waals surface area contributed by atoms with E-state index in [-0.39, 0.29) is 5.91 Å². The van der Waals surface area contributed by atoms with E-state index in [4.69, 9.17) is 0 Å². The third-order valence-electron chi connectivity index (χ3n) is 2.69. The minimum absolute atomic E-state index is 0.174. The Morgan fingerprint density at radius 1 is 1.36 bits per heavy atom. The van der Waals surface area contributed by atoms with Gasteiger partial charge in [-0.05, 0) is 24.6 Å². The monoisotopic (exact) mass is 186 g/mol. The molecule has 0 fully saturated rings. The lowest BCUT2D eigenvalue weighted by atomic mass is 10.2. The van der Waals surface area contributed by atoms with Gasteiger partial charge < -0.3 is 0 Å². The van der Waals surface area contributed by atoms with Crippen molar-refractivity contribution >= 4 is 16.9 Å². The van der Waals surface area contributed by atoms with E-state index in [0.29, 0.717) is 6.42 Å². The summed E-state index contributed by atoms with van der Waals surface area (Å²) < 4.78 is 1.75. The molecule has 0 aliphatic carbocycles. The van der Waals surface area contributed by atoms with Gasteiger partial charge in [0.05, 0.1) is 11.0 Å². The van der Waals surface area contributed by atoms with E-state index in [1.165, 1.54) is 5.56 Å². The first-order valence-electron chi connectivity index (χ1n) is 4.77. The third kappa shape index (κ3) is 0.867. The van der Waals surface area contributed by atoms with Crippen LogP contribution in [-0.2, 0) is 6.42 Å². The minimum Gasteiger partial charge on any atom is -0.274 e. The largest absolute Gasteiger partial charge is 0.274 e. The predicted molar refractivity (Wildman–Crippen MR) is 53.4 cm³/mol. The number of aryl methyl sites for hydroxylation is 2. The fourth-order valence-corrected chi connectivity index (χ4v) is 2.01. The molecular formula is C11H10N2O. The Morgan fingerprint density at radius 2 is 2.21 bits per heavy atom. The van der Waals surface area contributed by atoms with Crippen molar-refractivity contribution in [2.24, 2.45) is 0 Å². The van der Waals surface area contributed by atoms with Crippen molar-refractivity contribution in [2.75, 3.05) is 0 Å². The molecule has 3 heteroatoms. The van der Waals surface area contributed by atoms with E-state index >= 15 is 0 Å². The Labute approximate surface area is 81.4 Å². The van der Waals surface area contributed by atoms with Gasteiger partial charge >= 0.3 is 0 Å². The van der Waals surface area contributed by atoms with Gasteiger partial charge in [-0.2, -0.15) is 0 Å². The van der Waals surface area contributed by atoms with E-state index < -0.39 is 0 Å². The second-order valence-electron chi connectivity index (χ2n) is 3.75. The van der Waals surface area contributed by atoms with Gasteiger partial charge in [0.1, 0.15) is 5.82 Å². The Bertz CT molecular complexity index is 539. The summed E-state index contributed by atoms with van der Waals surface area (Å²) in [6.45, 7) is 2.03. The summed E-state index contributed by atoms with van der Waals surface area (Å²) in [5.41, 5.74) is 3.06. The average molecular weight is 186 g/mol. The maximum Gasteiger partial charge on any atom is 0.233 e.